The van der Waals surface area contributed by atoms with Crippen LogP contribution in [0.1, 0.15) is 40.5 Å². The van der Waals surface area contributed by atoms with Crippen molar-refractivity contribution >= 4 is 11.9 Å². The second-order valence-electron chi connectivity index (χ2n) is 5.35. The maximum absolute atomic E-state index is 11.3. The maximum Gasteiger partial charge on any atom is 0.303 e. The zero-order valence-electron chi connectivity index (χ0n) is 11.0. The molecule has 0 saturated carbocycles. The number of nitrogens with one attached hydrogen (secondary N) is 1. The first kappa shape index (κ1) is 15.9. The Bertz CT molecular complexity index is 274. The van der Waals surface area contributed by atoms with Crippen molar-refractivity contribution in [2.24, 2.45) is 11.3 Å². The van der Waals surface area contributed by atoms with Gasteiger partial charge in [0.25, 0.3) is 0 Å². The van der Waals surface area contributed by atoms with Crippen LogP contribution in [0.2, 0.25) is 0 Å². The van der Waals surface area contributed by atoms with E-state index in [4.69, 9.17) is 5.11 Å². The molecule has 0 aliphatic carbocycles. The van der Waals surface area contributed by atoms with Gasteiger partial charge in [0, 0.05) is 18.4 Å². The van der Waals surface area contributed by atoms with Gasteiger partial charge in [-0.3, -0.25) is 9.59 Å². The number of hydrogen-bond donors (Lipinski definition) is 3. The zero-order chi connectivity index (χ0) is 13.6. The van der Waals surface area contributed by atoms with Gasteiger partial charge in [0.1, 0.15) is 0 Å². The van der Waals surface area contributed by atoms with Crippen LogP contribution in [0.15, 0.2) is 0 Å². The largest absolute Gasteiger partial charge is 0.481 e. The Balaban J connectivity index is 4.09. The molecule has 0 saturated heterocycles. The minimum atomic E-state index is -0.985. The molecule has 0 aromatic carbocycles. The first-order valence-corrected chi connectivity index (χ1v) is 5.83. The Hall–Kier alpha value is -1.10. The number of aliphatic hydroxyl groups excluding tert-OH is 1. The summed E-state index contributed by atoms with van der Waals surface area (Å²) in [5.74, 6) is -1.17. The van der Waals surface area contributed by atoms with Gasteiger partial charge in [0.15, 0.2) is 0 Å². The predicted molar refractivity (Wildman–Crippen MR) is 64.5 cm³/mol. The molecule has 0 rings (SSSR count). The molecule has 5 heteroatoms. The lowest BCUT2D eigenvalue weighted by atomic mass is 9.80. The molecule has 1 amide bonds. The fourth-order valence-electron chi connectivity index (χ4n) is 1.64. The summed E-state index contributed by atoms with van der Waals surface area (Å²) in [6.45, 7) is 7.91. The average Bonchev–Trinajstić information content (AvgIpc) is 2.22. The topological polar surface area (TPSA) is 86.6 Å². The molecular formula is C12H23NO4. The van der Waals surface area contributed by atoms with Crippen molar-refractivity contribution < 1.29 is 19.8 Å². The fraction of sp³-hybridized carbons (Fsp3) is 0.833. The van der Waals surface area contributed by atoms with Crippen LogP contribution < -0.4 is 5.32 Å². The van der Waals surface area contributed by atoms with Crippen LogP contribution in [-0.4, -0.2) is 34.7 Å². The smallest absolute Gasteiger partial charge is 0.303 e. The molecular weight excluding hydrogens is 222 g/mol. The van der Waals surface area contributed by atoms with E-state index in [1.54, 1.807) is 0 Å². The lowest BCUT2D eigenvalue weighted by Gasteiger charge is -2.33. The van der Waals surface area contributed by atoms with E-state index in [0.717, 1.165) is 0 Å². The van der Waals surface area contributed by atoms with E-state index >= 15 is 0 Å². The number of carboxylic acids is 1. The van der Waals surface area contributed by atoms with Gasteiger partial charge in [-0.2, -0.15) is 0 Å². The summed E-state index contributed by atoms with van der Waals surface area (Å²) >= 11 is 0. The summed E-state index contributed by atoms with van der Waals surface area (Å²) in [7, 11) is 0. The second-order valence-corrected chi connectivity index (χ2v) is 5.35. The highest BCUT2D eigenvalue weighted by Crippen LogP contribution is 2.25. The molecule has 0 bridgehead atoms. The number of carbonyl (C=O) groups is 2. The van der Waals surface area contributed by atoms with E-state index in [1.165, 1.54) is 0 Å². The Kier molecular flexibility index (Phi) is 6.16. The van der Waals surface area contributed by atoms with Crippen molar-refractivity contribution in [2.45, 2.75) is 46.6 Å². The van der Waals surface area contributed by atoms with E-state index in [1.807, 2.05) is 27.7 Å². The fourth-order valence-corrected chi connectivity index (χ4v) is 1.64. The molecule has 1 atom stereocenters. The van der Waals surface area contributed by atoms with Crippen molar-refractivity contribution in [3.63, 3.8) is 0 Å². The van der Waals surface area contributed by atoms with Crippen LogP contribution in [0, 0.1) is 11.3 Å². The Morgan fingerprint density at radius 2 is 1.76 bits per heavy atom. The number of aliphatic carboxylic acids is 1. The van der Waals surface area contributed by atoms with E-state index in [2.05, 4.69) is 5.32 Å². The van der Waals surface area contributed by atoms with E-state index < -0.39 is 17.5 Å². The second kappa shape index (κ2) is 6.59. The normalized spacial score (nSPS) is 13.5. The first-order chi connectivity index (χ1) is 7.66. The zero-order valence-corrected chi connectivity index (χ0v) is 11.0. The van der Waals surface area contributed by atoms with Crippen LogP contribution in [0.5, 0.6) is 0 Å². The molecule has 0 aromatic rings. The highest BCUT2D eigenvalue weighted by atomic mass is 16.4. The van der Waals surface area contributed by atoms with Gasteiger partial charge >= 0.3 is 5.97 Å². The van der Waals surface area contributed by atoms with Crippen LogP contribution in [0.25, 0.3) is 0 Å². The lowest BCUT2D eigenvalue weighted by Crippen LogP contribution is -2.43. The quantitative estimate of drug-likeness (QED) is 0.624. The molecule has 0 spiro atoms. The Morgan fingerprint density at radius 3 is 2.18 bits per heavy atom. The van der Waals surface area contributed by atoms with Crippen LogP contribution >= 0.6 is 0 Å². The van der Waals surface area contributed by atoms with E-state index in [-0.39, 0.29) is 24.7 Å². The summed E-state index contributed by atoms with van der Waals surface area (Å²) in [6.07, 6.45) is -0.704. The highest BCUT2D eigenvalue weighted by molar-refractivity contribution is 5.80. The van der Waals surface area contributed by atoms with Gasteiger partial charge in [0.2, 0.25) is 5.91 Å². The van der Waals surface area contributed by atoms with Gasteiger partial charge in [-0.05, 0) is 5.92 Å². The number of rotatable bonds is 7. The number of amides is 1. The summed E-state index contributed by atoms with van der Waals surface area (Å²) in [5, 5.41) is 21.0. The SMILES string of the molecule is CC(C)C(O)C(C)(C)CNC(=O)CCC(=O)O. The van der Waals surface area contributed by atoms with Crippen molar-refractivity contribution in [1.29, 1.82) is 0 Å². The van der Waals surface area contributed by atoms with Gasteiger partial charge in [-0.1, -0.05) is 27.7 Å². The van der Waals surface area contributed by atoms with E-state index in [9.17, 15) is 14.7 Å². The standard InChI is InChI=1S/C12H23NO4/c1-8(2)11(17)12(3,4)7-13-9(14)5-6-10(15)16/h8,11,17H,5-7H2,1-4H3,(H,13,14)(H,15,16). The summed E-state index contributed by atoms with van der Waals surface area (Å²) < 4.78 is 0. The minimum Gasteiger partial charge on any atom is -0.481 e. The van der Waals surface area contributed by atoms with Gasteiger partial charge in [-0.15, -0.1) is 0 Å². The van der Waals surface area contributed by atoms with Gasteiger partial charge < -0.3 is 15.5 Å². The third kappa shape index (κ3) is 6.26. The van der Waals surface area contributed by atoms with Crippen LogP contribution in [0.3, 0.4) is 0 Å². The van der Waals surface area contributed by atoms with Crippen molar-refractivity contribution in [3.8, 4) is 0 Å². The molecule has 0 fully saturated rings. The van der Waals surface area contributed by atoms with Crippen LogP contribution in [0.4, 0.5) is 0 Å². The predicted octanol–water partition coefficient (Wildman–Crippen LogP) is 1.01. The molecule has 0 aromatic heterocycles. The van der Waals surface area contributed by atoms with Gasteiger partial charge in [0.05, 0.1) is 12.5 Å². The number of hydrogen-bond acceptors (Lipinski definition) is 3. The lowest BCUT2D eigenvalue weighted by molar-refractivity contribution is -0.138. The minimum absolute atomic E-state index is 0.0246. The Morgan fingerprint density at radius 1 is 1.24 bits per heavy atom. The summed E-state index contributed by atoms with van der Waals surface area (Å²) in [4.78, 5) is 21.6. The van der Waals surface area contributed by atoms with Crippen molar-refractivity contribution in [3.05, 3.63) is 0 Å². The summed E-state index contributed by atoms with van der Waals surface area (Å²) in [5.41, 5.74) is -0.424. The third-order valence-electron chi connectivity index (χ3n) is 2.74. The molecule has 0 radical (unpaired) electrons. The summed E-state index contributed by atoms with van der Waals surface area (Å²) in [6, 6.07) is 0. The van der Waals surface area contributed by atoms with Crippen LogP contribution in [-0.2, 0) is 9.59 Å². The number of carboxylic acid groups (broad SMARTS) is 1. The first-order valence-electron chi connectivity index (χ1n) is 5.83. The Labute approximate surface area is 102 Å². The molecule has 0 heterocycles. The third-order valence-corrected chi connectivity index (χ3v) is 2.74. The van der Waals surface area contributed by atoms with Crippen molar-refractivity contribution in [1.82, 2.24) is 5.32 Å². The molecule has 0 aliphatic rings. The van der Waals surface area contributed by atoms with E-state index in [0.29, 0.717) is 6.54 Å². The molecule has 100 valence electrons. The van der Waals surface area contributed by atoms with Gasteiger partial charge in [-0.25, -0.2) is 0 Å². The molecule has 1 unspecified atom stereocenters. The number of aliphatic hydroxyl groups is 1. The molecule has 17 heavy (non-hydrogen) atoms. The molecule has 0 aliphatic heterocycles. The average molecular weight is 245 g/mol. The highest BCUT2D eigenvalue weighted by Gasteiger charge is 2.30. The molecule has 5 nitrogen and oxygen atoms in total. The van der Waals surface area contributed by atoms with Crippen molar-refractivity contribution in [2.75, 3.05) is 6.54 Å². The molecule has 3 N–H and O–H groups in total. The number of carbonyl (C=O) groups excluding carboxylic acids is 1. The maximum atomic E-state index is 11.3. The monoisotopic (exact) mass is 245 g/mol.